The van der Waals surface area contributed by atoms with Crippen LogP contribution in [-0.4, -0.2) is 111 Å². The molecule has 4 unspecified atom stereocenters. The highest BCUT2D eigenvalue weighted by atomic mass is 16.6. The smallest absolute Gasteiger partial charge is 0.337 e. The van der Waals surface area contributed by atoms with E-state index in [9.17, 15) is 29.7 Å². The molecule has 6 N–H and O–H groups in total. The fourth-order valence-electron chi connectivity index (χ4n) is 4.71. The first-order valence-corrected chi connectivity index (χ1v) is 13.4. The molecule has 1 fully saturated rings. The molecule has 2 aliphatic rings. The maximum atomic E-state index is 12.6. The molecule has 1 heterocycles. The Hall–Kier alpha value is -3.59. The molecule has 228 valence electrons. The van der Waals surface area contributed by atoms with E-state index in [1.807, 2.05) is 0 Å². The van der Waals surface area contributed by atoms with Crippen molar-refractivity contribution in [3.05, 3.63) is 30.0 Å². The number of ether oxygens (including phenoxy) is 5. The van der Waals surface area contributed by atoms with Crippen LogP contribution in [0.3, 0.4) is 0 Å². The van der Waals surface area contributed by atoms with Crippen molar-refractivity contribution in [3.8, 4) is 11.5 Å². The highest BCUT2D eigenvalue weighted by Crippen LogP contribution is 2.45. The molecule has 0 saturated heterocycles. The van der Waals surface area contributed by atoms with Crippen molar-refractivity contribution in [1.29, 1.82) is 0 Å². The van der Waals surface area contributed by atoms with E-state index in [1.165, 1.54) is 29.4 Å². The largest absolute Gasteiger partial charge is 0.508 e. The molecule has 3 rings (SSSR count). The maximum Gasteiger partial charge on any atom is 0.337 e. The summed E-state index contributed by atoms with van der Waals surface area (Å²) in [7, 11) is 1.56. The fourth-order valence-corrected chi connectivity index (χ4v) is 4.71. The number of amides is 2. The van der Waals surface area contributed by atoms with Gasteiger partial charge in [0, 0.05) is 38.1 Å². The molecular weight excluding hydrogens is 542 g/mol. The topological polar surface area (TPSA) is 199 Å². The van der Waals surface area contributed by atoms with E-state index in [0.717, 1.165) is 0 Å². The molecule has 0 aromatic heterocycles. The lowest BCUT2D eigenvalue weighted by molar-refractivity contribution is -0.150. The van der Waals surface area contributed by atoms with Gasteiger partial charge in [-0.25, -0.2) is 4.79 Å². The van der Waals surface area contributed by atoms with E-state index in [0.29, 0.717) is 24.1 Å². The van der Waals surface area contributed by atoms with Crippen LogP contribution in [0.2, 0.25) is 0 Å². The third-order valence-corrected chi connectivity index (χ3v) is 7.00. The van der Waals surface area contributed by atoms with Crippen LogP contribution in [0, 0.1) is 17.8 Å². The number of nitrogens with one attached hydrogen (secondary N) is 1. The molecule has 0 radical (unpaired) electrons. The van der Waals surface area contributed by atoms with Gasteiger partial charge < -0.3 is 55.0 Å². The number of fused-ring (bicyclic) bond motifs is 1. The molecule has 2 amide bonds. The minimum absolute atomic E-state index is 0.0221. The summed E-state index contributed by atoms with van der Waals surface area (Å²) in [5, 5.41) is 31.7. The van der Waals surface area contributed by atoms with Gasteiger partial charge in [-0.3, -0.25) is 9.59 Å². The van der Waals surface area contributed by atoms with Crippen molar-refractivity contribution < 1.29 is 53.4 Å². The van der Waals surface area contributed by atoms with Gasteiger partial charge in [-0.05, 0) is 30.9 Å². The number of benzene rings is 1. The first kappa shape index (κ1) is 31.9. The molecule has 1 aromatic carbocycles. The number of likely N-dealkylation sites (N-methyl/N-ethyl adjacent to an activating group) is 1. The van der Waals surface area contributed by atoms with Crippen LogP contribution in [0.5, 0.6) is 11.5 Å². The molecule has 14 nitrogen and oxygen atoms in total. The number of hydrogen-bond donors (Lipinski definition) is 5. The van der Waals surface area contributed by atoms with E-state index in [4.69, 9.17) is 29.4 Å². The normalized spacial score (nSPS) is 21.3. The lowest BCUT2D eigenvalue weighted by atomic mass is 9.83. The van der Waals surface area contributed by atoms with Gasteiger partial charge >= 0.3 is 5.97 Å². The zero-order valence-corrected chi connectivity index (χ0v) is 23.0. The van der Waals surface area contributed by atoms with Crippen LogP contribution >= 0.6 is 0 Å². The Bertz CT molecular complexity index is 1070. The van der Waals surface area contributed by atoms with Gasteiger partial charge in [0.2, 0.25) is 5.91 Å². The third kappa shape index (κ3) is 9.49. The second-order valence-electron chi connectivity index (χ2n) is 9.78. The third-order valence-electron chi connectivity index (χ3n) is 7.00. The fraction of sp³-hybridized carbons (Fsp3) is 0.593. The lowest BCUT2D eigenvalue weighted by Crippen LogP contribution is -2.38. The average Bonchev–Trinajstić information content (AvgIpc) is 3.40. The van der Waals surface area contributed by atoms with Crippen molar-refractivity contribution in [3.63, 3.8) is 0 Å². The van der Waals surface area contributed by atoms with Crippen molar-refractivity contribution in [1.82, 2.24) is 10.2 Å². The van der Waals surface area contributed by atoms with Gasteiger partial charge in [-0.15, -0.1) is 0 Å². The molecule has 0 bridgehead atoms. The monoisotopic (exact) mass is 581 g/mol. The van der Waals surface area contributed by atoms with E-state index in [2.05, 4.69) is 5.32 Å². The number of anilines is 1. The number of aliphatic hydroxyl groups is 2. The Morgan fingerprint density at radius 1 is 1.12 bits per heavy atom. The highest BCUT2D eigenvalue weighted by molar-refractivity contribution is 5.89. The Labute approximate surface area is 237 Å². The quantitative estimate of drug-likeness (QED) is 0.0718. The number of nitrogen functional groups attached to an aromatic ring is 1. The number of aliphatic hydroxyl groups excluding tert-OH is 2. The van der Waals surface area contributed by atoms with Crippen LogP contribution < -0.4 is 15.8 Å². The molecule has 1 saturated carbocycles. The molecule has 14 heteroatoms. The van der Waals surface area contributed by atoms with Gasteiger partial charge in [-0.1, -0.05) is 0 Å². The van der Waals surface area contributed by atoms with Crippen molar-refractivity contribution in [2.45, 2.75) is 19.1 Å². The van der Waals surface area contributed by atoms with Gasteiger partial charge in [0.05, 0.1) is 43.9 Å². The second kappa shape index (κ2) is 16.0. The lowest BCUT2D eigenvalue weighted by Gasteiger charge is -2.32. The van der Waals surface area contributed by atoms with E-state index >= 15 is 0 Å². The van der Waals surface area contributed by atoms with Crippen LogP contribution in [0.4, 0.5) is 5.69 Å². The van der Waals surface area contributed by atoms with Crippen molar-refractivity contribution in [2.75, 3.05) is 72.1 Å². The number of nitrogens with two attached hydrogens (primary N) is 1. The maximum absolute atomic E-state index is 12.6. The van der Waals surface area contributed by atoms with Crippen LogP contribution in [0.1, 0.15) is 12.8 Å². The number of carbonyl (C=O) groups excluding carboxylic acids is 3. The zero-order valence-electron chi connectivity index (χ0n) is 23.0. The van der Waals surface area contributed by atoms with E-state index in [-0.39, 0.29) is 100 Å². The Balaban J connectivity index is 1.20. The summed E-state index contributed by atoms with van der Waals surface area (Å²) >= 11 is 0. The standard InChI is InChI=1S/C27H39N3O11/c1-30(7-9-39-26(35)20-14-41-27(36)25-17(13-31)2-4-19(20)25)24(34)16-38-11-10-37-8-6-29-23(33)15-40-22-12-18(32)3-5-21(22)28/h3,5,12,14,17,19,25,27,31-32,36H,2,4,6-11,13,15-16,28H2,1H3,(H,29,33). The van der Waals surface area contributed by atoms with Crippen LogP contribution in [0.25, 0.3) is 0 Å². The van der Waals surface area contributed by atoms with Crippen LogP contribution in [0.15, 0.2) is 30.0 Å². The van der Waals surface area contributed by atoms with Gasteiger partial charge in [0.1, 0.15) is 24.7 Å². The first-order valence-electron chi connectivity index (χ1n) is 13.4. The van der Waals surface area contributed by atoms with Gasteiger partial charge in [-0.2, -0.15) is 0 Å². The Morgan fingerprint density at radius 3 is 2.68 bits per heavy atom. The minimum Gasteiger partial charge on any atom is -0.508 e. The molecule has 41 heavy (non-hydrogen) atoms. The Kier molecular flexibility index (Phi) is 12.5. The summed E-state index contributed by atoms with van der Waals surface area (Å²) in [4.78, 5) is 38.0. The number of phenols is 1. The zero-order chi connectivity index (χ0) is 29.8. The Morgan fingerprint density at radius 2 is 1.90 bits per heavy atom. The van der Waals surface area contributed by atoms with Gasteiger partial charge in [0.15, 0.2) is 12.9 Å². The molecule has 4 atom stereocenters. The molecule has 1 aromatic rings. The van der Waals surface area contributed by atoms with Crippen molar-refractivity contribution >= 4 is 23.5 Å². The second-order valence-corrected chi connectivity index (χ2v) is 9.78. The summed E-state index contributed by atoms with van der Waals surface area (Å²) in [5.74, 6) is -1.78. The number of aromatic hydroxyl groups is 1. The summed E-state index contributed by atoms with van der Waals surface area (Å²) in [6.07, 6.45) is 1.51. The van der Waals surface area contributed by atoms with E-state index < -0.39 is 12.3 Å². The molecular formula is C27H39N3O11. The number of hydrogen-bond acceptors (Lipinski definition) is 12. The molecule has 1 aliphatic carbocycles. The summed E-state index contributed by atoms with van der Waals surface area (Å²) in [6, 6.07) is 4.21. The number of phenolic OH excluding ortho intramolecular Hbond substituents is 1. The summed E-state index contributed by atoms with van der Waals surface area (Å²) in [6.45, 7) is 0.456. The van der Waals surface area contributed by atoms with Gasteiger partial charge in [0.25, 0.3) is 5.91 Å². The summed E-state index contributed by atoms with van der Waals surface area (Å²) in [5.41, 5.74) is 6.35. The first-order chi connectivity index (χ1) is 19.7. The van der Waals surface area contributed by atoms with Crippen LogP contribution in [-0.2, 0) is 33.3 Å². The number of nitrogens with zero attached hydrogens (tertiary/aromatic N) is 1. The average molecular weight is 582 g/mol. The number of esters is 1. The highest BCUT2D eigenvalue weighted by Gasteiger charge is 2.47. The SMILES string of the molecule is CN(CCOC(=O)C1=COC(O)C2C(CO)CCC12)C(=O)COCCOCCNC(=O)COc1cc(O)ccc1N. The number of carbonyl (C=O) groups is 3. The minimum atomic E-state index is -1.06. The van der Waals surface area contributed by atoms with E-state index in [1.54, 1.807) is 7.05 Å². The molecule has 0 spiro atoms. The predicted octanol–water partition coefficient (Wildman–Crippen LogP) is -0.629. The summed E-state index contributed by atoms with van der Waals surface area (Å²) < 4.78 is 26.5. The predicted molar refractivity (Wildman–Crippen MR) is 143 cm³/mol. The number of rotatable bonds is 16. The molecule has 1 aliphatic heterocycles. The van der Waals surface area contributed by atoms with Crippen molar-refractivity contribution in [2.24, 2.45) is 17.8 Å².